The lowest BCUT2D eigenvalue weighted by atomic mass is 9.92. The summed E-state index contributed by atoms with van der Waals surface area (Å²) in [5, 5.41) is 0. The first kappa shape index (κ1) is 11.9. The van der Waals surface area contributed by atoms with Crippen LogP contribution in [0.4, 0.5) is 0 Å². The molecule has 0 aliphatic rings. The molecule has 1 atom stereocenters. The van der Waals surface area contributed by atoms with E-state index in [0.717, 1.165) is 6.42 Å². The summed E-state index contributed by atoms with van der Waals surface area (Å²) < 4.78 is 0. The molecule has 17 heavy (non-hydrogen) atoms. The number of hydrogen-bond donors (Lipinski definition) is 1. The monoisotopic (exact) mass is 225 g/mol. The highest BCUT2D eigenvalue weighted by Gasteiger charge is 2.13. The maximum atomic E-state index is 6.39. The van der Waals surface area contributed by atoms with Crippen molar-refractivity contribution in [2.24, 2.45) is 5.73 Å². The van der Waals surface area contributed by atoms with E-state index in [-0.39, 0.29) is 6.04 Å². The standard InChI is InChI=1S/C16H19N/c1-3-13-9-5-7-11-15(13)16(17)14-10-6-4-8-12(14)2/h4-11,16H,3,17H2,1-2H3. The Balaban J connectivity index is 2.44. The van der Waals surface area contributed by atoms with Crippen molar-refractivity contribution in [2.75, 3.05) is 0 Å². The Hall–Kier alpha value is -1.60. The topological polar surface area (TPSA) is 26.0 Å². The van der Waals surface area contributed by atoms with Crippen molar-refractivity contribution in [3.63, 3.8) is 0 Å². The minimum Gasteiger partial charge on any atom is -0.320 e. The predicted molar refractivity (Wildman–Crippen MR) is 73.0 cm³/mol. The zero-order valence-electron chi connectivity index (χ0n) is 10.5. The molecule has 0 heterocycles. The predicted octanol–water partition coefficient (Wildman–Crippen LogP) is 3.61. The zero-order valence-corrected chi connectivity index (χ0v) is 10.5. The van der Waals surface area contributed by atoms with Crippen molar-refractivity contribution in [3.05, 3.63) is 70.8 Å². The van der Waals surface area contributed by atoms with E-state index in [1.807, 2.05) is 0 Å². The molecule has 1 heteroatoms. The van der Waals surface area contributed by atoms with E-state index in [0.29, 0.717) is 0 Å². The highest BCUT2D eigenvalue weighted by molar-refractivity contribution is 5.40. The van der Waals surface area contributed by atoms with Crippen LogP contribution in [0.25, 0.3) is 0 Å². The molecule has 2 aromatic carbocycles. The molecule has 0 bridgehead atoms. The molecule has 0 saturated heterocycles. The Morgan fingerprint density at radius 3 is 2.18 bits per heavy atom. The number of aryl methyl sites for hydroxylation is 2. The molecule has 0 amide bonds. The van der Waals surface area contributed by atoms with E-state index >= 15 is 0 Å². The van der Waals surface area contributed by atoms with E-state index in [2.05, 4.69) is 62.4 Å². The third-order valence-corrected chi connectivity index (χ3v) is 3.29. The van der Waals surface area contributed by atoms with E-state index < -0.39 is 0 Å². The Labute approximate surface area is 103 Å². The van der Waals surface area contributed by atoms with Gasteiger partial charge in [-0.3, -0.25) is 0 Å². The van der Waals surface area contributed by atoms with Crippen molar-refractivity contribution < 1.29 is 0 Å². The van der Waals surface area contributed by atoms with E-state index in [1.165, 1.54) is 22.3 Å². The third kappa shape index (κ3) is 2.40. The van der Waals surface area contributed by atoms with Crippen LogP contribution in [0, 0.1) is 6.92 Å². The normalized spacial score (nSPS) is 12.4. The fourth-order valence-electron chi connectivity index (χ4n) is 2.26. The van der Waals surface area contributed by atoms with Gasteiger partial charge in [0.2, 0.25) is 0 Å². The van der Waals surface area contributed by atoms with Crippen LogP contribution >= 0.6 is 0 Å². The zero-order chi connectivity index (χ0) is 12.3. The summed E-state index contributed by atoms with van der Waals surface area (Å²) >= 11 is 0. The molecule has 2 N–H and O–H groups in total. The number of nitrogens with two attached hydrogens (primary N) is 1. The Kier molecular flexibility index (Phi) is 3.60. The average Bonchev–Trinajstić information content (AvgIpc) is 2.38. The molecule has 0 spiro atoms. The molecule has 0 radical (unpaired) electrons. The second kappa shape index (κ2) is 5.15. The summed E-state index contributed by atoms with van der Waals surface area (Å²) in [6, 6.07) is 16.8. The number of rotatable bonds is 3. The third-order valence-electron chi connectivity index (χ3n) is 3.29. The summed E-state index contributed by atoms with van der Waals surface area (Å²) in [5.41, 5.74) is 11.4. The highest BCUT2D eigenvalue weighted by atomic mass is 14.6. The summed E-state index contributed by atoms with van der Waals surface area (Å²) in [4.78, 5) is 0. The van der Waals surface area contributed by atoms with Gasteiger partial charge >= 0.3 is 0 Å². The van der Waals surface area contributed by atoms with Crippen LogP contribution in [-0.4, -0.2) is 0 Å². The van der Waals surface area contributed by atoms with Gasteiger partial charge in [-0.25, -0.2) is 0 Å². The van der Waals surface area contributed by atoms with Gasteiger partial charge < -0.3 is 5.73 Å². The Morgan fingerprint density at radius 2 is 1.53 bits per heavy atom. The number of hydrogen-bond acceptors (Lipinski definition) is 1. The quantitative estimate of drug-likeness (QED) is 0.848. The van der Waals surface area contributed by atoms with Crippen LogP contribution in [0.3, 0.4) is 0 Å². The first-order valence-corrected chi connectivity index (χ1v) is 6.13. The van der Waals surface area contributed by atoms with Gasteiger partial charge in [0.25, 0.3) is 0 Å². The van der Waals surface area contributed by atoms with Crippen LogP contribution < -0.4 is 5.73 Å². The fourth-order valence-corrected chi connectivity index (χ4v) is 2.26. The lowest BCUT2D eigenvalue weighted by Gasteiger charge is -2.18. The van der Waals surface area contributed by atoms with E-state index in [9.17, 15) is 0 Å². The molecule has 0 aliphatic heterocycles. The van der Waals surface area contributed by atoms with E-state index in [1.54, 1.807) is 0 Å². The summed E-state index contributed by atoms with van der Waals surface area (Å²) in [6.45, 7) is 4.28. The van der Waals surface area contributed by atoms with Crippen molar-refractivity contribution >= 4 is 0 Å². The Morgan fingerprint density at radius 1 is 0.941 bits per heavy atom. The first-order valence-electron chi connectivity index (χ1n) is 6.13. The average molecular weight is 225 g/mol. The lowest BCUT2D eigenvalue weighted by molar-refractivity contribution is 0.841. The molecular weight excluding hydrogens is 206 g/mol. The largest absolute Gasteiger partial charge is 0.320 e. The van der Waals surface area contributed by atoms with Crippen LogP contribution in [0.1, 0.15) is 35.2 Å². The van der Waals surface area contributed by atoms with Gasteiger partial charge in [-0.15, -0.1) is 0 Å². The maximum Gasteiger partial charge on any atom is 0.0556 e. The van der Waals surface area contributed by atoms with Gasteiger partial charge in [-0.2, -0.15) is 0 Å². The molecule has 1 unspecified atom stereocenters. The maximum absolute atomic E-state index is 6.39. The molecule has 1 nitrogen and oxygen atoms in total. The van der Waals surface area contributed by atoms with Gasteiger partial charge in [0.15, 0.2) is 0 Å². The summed E-state index contributed by atoms with van der Waals surface area (Å²) in [6.07, 6.45) is 1.02. The molecule has 0 aromatic heterocycles. The molecule has 2 aromatic rings. The summed E-state index contributed by atoms with van der Waals surface area (Å²) in [7, 11) is 0. The van der Waals surface area contributed by atoms with Crippen molar-refractivity contribution in [3.8, 4) is 0 Å². The lowest BCUT2D eigenvalue weighted by Crippen LogP contribution is -2.15. The van der Waals surface area contributed by atoms with Crippen LogP contribution in [0.2, 0.25) is 0 Å². The molecule has 2 rings (SSSR count). The van der Waals surface area contributed by atoms with E-state index in [4.69, 9.17) is 5.73 Å². The van der Waals surface area contributed by atoms with Gasteiger partial charge in [-0.05, 0) is 35.6 Å². The van der Waals surface area contributed by atoms with Crippen molar-refractivity contribution in [1.29, 1.82) is 0 Å². The smallest absolute Gasteiger partial charge is 0.0556 e. The molecule has 88 valence electrons. The van der Waals surface area contributed by atoms with Crippen LogP contribution in [0.5, 0.6) is 0 Å². The van der Waals surface area contributed by atoms with Crippen LogP contribution in [-0.2, 0) is 6.42 Å². The molecule has 0 aliphatic carbocycles. The van der Waals surface area contributed by atoms with Crippen molar-refractivity contribution in [1.82, 2.24) is 0 Å². The second-order valence-corrected chi connectivity index (χ2v) is 4.39. The number of benzene rings is 2. The minimum atomic E-state index is -0.0210. The second-order valence-electron chi connectivity index (χ2n) is 4.39. The van der Waals surface area contributed by atoms with Crippen LogP contribution in [0.15, 0.2) is 48.5 Å². The molecule has 0 saturated carbocycles. The van der Waals surface area contributed by atoms with Gasteiger partial charge in [0.05, 0.1) is 6.04 Å². The Bertz CT molecular complexity index is 502. The SMILES string of the molecule is CCc1ccccc1C(N)c1ccccc1C. The molecule has 0 fully saturated rings. The van der Waals surface area contributed by atoms with Gasteiger partial charge in [0.1, 0.15) is 0 Å². The van der Waals surface area contributed by atoms with Crippen molar-refractivity contribution in [2.45, 2.75) is 26.3 Å². The van der Waals surface area contributed by atoms with Gasteiger partial charge in [-0.1, -0.05) is 55.5 Å². The highest BCUT2D eigenvalue weighted by Crippen LogP contribution is 2.25. The van der Waals surface area contributed by atoms with Gasteiger partial charge in [0, 0.05) is 0 Å². The fraction of sp³-hybridized carbons (Fsp3) is 0.250. The first-order chi connectivity index (χ1) is 8.24. The summed E-state index contributed by atoms with van der Waals surface area (Å²) in [5.74, 6) is 0. The molecular formula is C16H19N. The minimum absolute atomic E-state index is 0.0210.